The standard InChI is InChI=1S/C15H16F3NO2S/c1-20-13-7-12(8-19-14(13)21-2)22-9-10-4-3-5-11(6-10)15(16,17)18/h3-4,6-8,11H,5,9H2,1-2H3. The lowest BCUT2D eigenvalue weighted by Crippen LogP contribution is -2.22. The van der Waals surface area contributed by atoms with Crippen LogP contribution in [0.15, 0.2) is 41.0 Å². The van der Waals surface area contributed by atoms with Crippen LogP contribution in [-0.4, -0.2) is 31.1 Å². The molecule has 0 aliphatic heterocycles. The lowest BCUT2D eigenvalue weighted by atomic mass is 9.96. The number of allylic oxidation sites excluding steroid dienone is 3. The molecule has 2 rings (SSSR count). The molecule has 3 nitrogen and oxygen atoms in total. The minimum absolute atomic E-state index is 0.00950. The summed E-state index contributed by atoms with van der Waals surface area (Å²) in [6, 6.07) is 1.75. The molecule has 0 amide bonds. The van der Waals surface area contributed by atoms with Crippen molar-refractivity contribution in [1.82, 2.24) is 4.98 Å². The van der Waals surface area contributed by atoms with Gasteiger partial charge in [-0.25, -0.2) is 4.98 Å². The van der Waals surface area contributed by atoms with Gasteiger partial charge in [-0.05, 0) is 12.0 Å². The maximum Gasteiger partial charge on any atom is 0.395 e. The fourth-order valence-corrected chi connectivity index (χ4v) is 2.87. The second-order valence-corrected chi connectivity index (χ2v) is 5.75. The van der Waals surface area contributed by atoms with Gasteiger partial charge in [0.05, 0.1) is 20.1 Å². The van der Waals surface area contributed by atoms with Gasteiger partial charge in [-0.1, -0.05) is 18.2 Å². The normalized spacial score (nSPS) is 18.0. The number of methoxy groups -OCH3 is 2. The molecule has 0 bridgehead atoms. The molecule has 1 aliphatic carbocycles. The number of ether oxygens (including phenoxy) is 2. The topological polar surface area (TPSA) is 31.4 Å². The molecule has 0 spiro atoms. The van der Waals surface area contributed by atoms with Crippen LogP contribution >= 0.6 is 11.8 Å². The van der Waals surface area contributed by atoms with Crippen molar-refractivity contribution in [2.24, 2.45) is 5.92 Å². The second-order valence-electron chi connectivity index (χ2n) is 4.70. The van der Waals surface area contributed by atoms with Gasteiger partial charge in [0, 0.05) is 22.9 Å². The molecule has 22 heavy (non-hydrogen) atoms. The SMILES string of the molecule is COc1cc(SCC2=CC(C(F)(F)F)CC=C2)cnc1OC. The van der Waals surface area contributed by atoms with E-state index in [2.05, 4.69) is 4.98 Å². The monoisotopic (exact) mass is 331 g/mol. The fraction of sp³-hybridized carbons (Fsp3) is 0.400. The Balaban J connectivity index is 2.04. The zero-order chi connectivity index (χ0) is 16.2. The van der Waals surface area contributed by atoms with Gasteiger partial charge in [-0.3, -0.25) is 0 Å². The van der Waals surface area contributed by atoms with Crippen LogP contribution in [0.5, 0.6) is 11.6 Å². The highest BCUT2D eigenvalue weighted by Crippen LogP contribution is 2.35. The van der Waals surface area contributed by atoms with E-state index in [0.29, 0.717) is 23.0 Å². The Bertz CT molecular complexity index is 585. The summed E-state index contributed by atoms with van der Waals surface area (Å²) < 4.78 is 48.4. The van der Waals surface area contributed by atoms with Crippen molar-refractivity contribution in [3.8, 4) is 11.6 Å². The van der Waals surface area contributed by atoms with Gasteiger partial charge in [0.2, 0.25) is 0 Å². The second kappa shape index (κ2) is 7.09. The lowest BCUT2D eigenvalue weighted by molar-refractivity contribution is -0.160. The molecule has 1 aromatic rings. The highest BCUT2D eigenvalue weighted by Gasteiger charge is 2.37. The van der Waals surface area contributed by atoms with Crippen LogP contribution in [0.1, 0.15) is 6.42 Å². The molecular formula is C15H16F3NO2S. The molecule has 120 valence electrons. The van der Waals surface area contributed by atoms with Crippen LogP contribution in [0.3, 0.4) is 0 Å². The number of aromatic nitrogens is 1. The van der Waals surface area contributed by atoms with Crippen LogP contribution in [0.2, 0.25) is 0 Å². The summed E-state index contributed by atoms with van der Waals surface area (Å²) in [7, 11) is 3.00. The third kappa shape index (κ3) is 4.19. The Labute approximate surface area is 131 Å². The number of thioether (sulfide) groups is 1. The van der Waals surface area contributed by atoms with Crippen LogP contribution in [0.25, 0.3) is 0 Å². The van der Waals surface area contributed by atoms with Crippen LogP contribution < -0.4 is 9.47 Å². The Morgan fingerprint density at radius 3 is 2.73 bits per heavy atom. The van der Waals surface area contributed by atoms with E-state index in [1.807, 2.05) is 0 Å². The molecule has 1 atom stereocenters. The lowest BCUT2D eigenvalue weighted by Gasteiger charge is -2.19. The van der Waals surface area contributed by atoms with Crippen molar-refractivity contribution >= 4 is 11.8 Å². The number of pyridine rings is 1. The van der Waals surface area contributed by atoms with Gasteiger partial charge in [-0.2, -0.15) is 13.2 Å². The van der Waals surface area contributed by atoms with Gasteiger partial charge in [0.1, 0.15) is 0 Å². The third-order valence-electron chi connectivity index (χ3n) is 3.17. The van der Waals surface area contributed by atoms with Crippen molar-refractivity contribution in [1.29, 1.82) is 0 Å². The van der Waals surface area contributed by atoms with Crippen molar-refractivity contribution in [3.63, 3.8) is 0 Å². The third-order valence-corrected chi connectivity index (χ3v) is 4.20. The van der Waals surface area contributed by atoms with Crippen LogP contribution in [-0.2, 0) is 0 Å². The quantitative estimate of drug-likeness (QED) is 0.755. The summed E-state index contributed by atoms with van der Waals surface area (Å²) in [6.45, 7) is 0. The number of halogens is 3. The summed E-state index contributed by atoms with van der Waals surface area (Å²) in [5.41, 5.74) is 0.661. The molecular weight excluding hydrogens is 315 g/mol. The van der Waals surface area contributed by atoms with E-state index in [0.717, 1.165) is 4.90 Å². The number of hydrogen-bond acceptors (Lipinski definition) is 4. The number of alkyl halides is 3. The first-order valence-corrected chi connectivity index (χ1v) is 7.57. The average Bonchev–Trinajstić information content (AvgIpc) is 2.52. The van der Waals surface area contributed by atoms with E-state index in [1.54, 1.807) is 24.4 Å². The Morgan fingerprint density at radius 2 is 2.09 bits per heavy atom. The van der Waals surface area contributed by atoms with E-state index < -0.39 is 12.1 Å². The van der Waals surface area contributed by atoms with Crippen LogP contribution in [0.4, 0.5) is 13.2 Å². The molecule has 0 N–H and O–H groups in total. The summed E-state index contributed by atoms with van der Waals surface area (Å²) in [4.78, 5) is 4.91. The van der Waals surface area contributed by atoms with Crippen molar-refractivity contribution < 1.29 is 22.6 Å². The van der Waals surface area contributed by atoms with Gasteiger partial charge in [0.15, 0.2) is 5.75 Å². The van der Waals surface area contributed by atoms with Gasteiger partial charge in [0.25, 0.3) is 5.88 Å². The molecule has 1 aromatic heterocycles. The molecule has 1 aliphatic rings. The molecule has 7 heteroatoms. The zero-order valence-electron chi connectivity index (χ0n) is 12.2. The Hall–Kier alpha value is -1.63. The molecule has 0 radical (unpaired) electrons. The van der Waals surface area contributed by atoms with Gasteiger partial charge < -0.3 is 9.47 Å². The molecule has 0 fully saturated rings. The maximum atomic E-state index is 12.7. The summed E-state index contributed by atoms with van der Waals surface area (Å²) in [5, 5.41) is 0. The van der Waals surface area contributed by atoms with Crippen LogP contribution in [0, 0.1) is 5.92 Å². The molecule has 0 saturated heterocycles. The van der Waals surface area contributed by atoms with Crippen molar-refractivity contribution in [2.75, 3.05) is 20.0 Å². The van der Waals surface area contributed by atoms with E-state index in [-0.39, 0.29) is 6.42 Å². The summed E-state index contributed by atoms with van der Waals surface area (Å²) >= 11 is 1.40. The summed E-state index contributed by atoms with van der Waals surface area (Å²) in [6.07, 6.45) is 2.03. The average molecular weight is 331 g/mol. The van der Waals surface area contributed by atoms with Gasteiger partial charge in [-0.15, -0.1) is 11.8 Å². The minimum Gasteiger partial charge on any atom is -0.491 e. The zero-order valence-corrected chi connectivity index (χ0v) is 13.0. The van der Waals surface area contributed by atoms with E-state index in [1.165, 1.54) is 32.1 Å². The number of nitrogens with zero attached hydrogens (tertiary/aromatic N) is 1. The molecule has 1 heterocycles. The van der Waals surface area contributed by atoms with E-state index >= 15 is 0 Å². The van der Waals surface area contributed by atoms with E-state index in [4.69, 9.17) is 9.47 Å². The first kappa shape index (κ1) is 16.7. The van der Waals surface area contributed by atoms with E-state index in [9.17, 15) is 13.2 Å². The maximum absolute atomic E-state index is 12.7. The summed E-state index contributed by atoms with van der Waals surface area (Å²) in [5.74, 6) is -0.0773. The highest BCUT2D eigenvalue weighted by atomic mass is 32.2. The van der Waals surface area contributed by atoms with Gasteiger partial charge >= 0.3 is 6.18 Å². The fourth-order valence-electron chi connectivity index (χ4n) is 2.03. The first-order valence-electron chi connectivity index (χ1n) is 6.59. The highest BCUT2D eigenvalue weighted by molar-refractivity contribution is 7.99. The number of hydrogen-bond donors (Lipinski definition) is 0. The van der Waals surface area contributed by atoms with Crippen molar-refractivity contribution in [3.05, 3.63) is 36.1 Å². The smallest absolute Gasteiger partial charge is 0.395 e. The first-order chi connectivity index (χ1) is 10.4. The Kier molecular flexibility index (Phi) is 5.39. The minimum atomic E-state index is -4.19. The number of rotatable bonds is 5. The molecule has 0 aromatic carbocycles. The predicted octanol–water partition coefficient (Wildman–Crippen LogP) is 4.26. The molecule has 0 saturated carbocycles. The van der Waals surface area contributed by atoms with Crippen molar-refractivity contribution in [2.45, 2.75) is 17.5 Å². The molecule has 1 unspecified atom stereocenters. The Morgan fingerprint density at radius 1 is 1.32 bits per heavy atom. The predicted molar refractivity (Wildman–Crippen MR) is 79.5 cm³/mol. The largest absolute Gasteiger partial charge is 0.491 e.